The molecule has 13 heteroatoms. The third-order valence-corrected chi connectivity index (χ3v) is 5.75. The Balaban J connectivity index is 1.46. The standard InChI is InChI=1S/C20H21Cl3N8O2/c1-2-3-6-29-17-15(24-19(23)25-17)18(32)30(20(29)33)7-4-5-8-31-27-16(26-28-31)12-9-13(21)11-14(22)10-12/h9-11H,2-8H2,1H3,(H,24,25). The lowest BCUT2D eigenvalue weighted by Gasteiger charge is -2.10. The molecule has 174 valence electrons. The number of nitrogens with one attached hydrogen (secondary N) is 1. The van der Waals surface area contributed by atoms with E-state index in [0.29, 0.717) is 53.0 Å². The second-order valence-electron chi connectivity index (χ2n) is 7.54. The van der Waals surface area contributed by atoms with Gasteiger partial charge in [-0.2, -0.15) is 9.78 Å². The molecule has 4 aromatic rings. The molecule has 3 heterocycles. The Morgan fingerprint density at radius 2 is 1.64 bits per heavy atom. The summed E-state index contributed by atoms with van der Waals surface area (Å²) in [5.74, 6) is 0.413. The van der Waals surface area contributed by atoms with E-state index in [2.05, 4.69) is 25.4 Å². The highest BCUT2D eigenvalue weighted by Crippen LogP contribution is 2.24. The number of hydrogen-bond donors (Lipinski definition) is 1. The number of tetrazole rings is 1. The molecule has 1 aromatic carbocycles. The molecule has 33 heavy (non-hydrogen) atoms. The Morgan fingerprint density at radius 3 is 2.36 bits per heavy atom. The highest BCUT2D eigenvalue weighted by molar-refractivity contribution is 6.35. The summed E-state index contributed by atoms with van der Waals surface area (Å²) in [6, 6.07) is 5.05. The lowest BCUT2D eigenvalue weighted by Crippen LogP contribution is -2.40. The highest BCUT2D eigenvalue weighted by atomic mass is 35.5. The number of benzene rings is 1. The lowest BCUT2D eigenvalue weighted by molar-refractivity contribution is 0.457. The summed E-state index contributed by atoms with van der Waals surface area (Å²) in [6.45, 7) is 3.22. The predicted octanol–water partition coefficient (Wildman–Crippen LogP) is 3.78. The first-order valence-corrected chi connectivity index (χ1v) is 11.6. The molecule has 0 saturated heterocycles. The van der Waals surface area contributed by atoms with Crippen molar-refractivity contribution < 1.29 is 0 Å². The SMILES string of the molecule is CCCCn1c(=O)n(CCCCn2nnc(-c3cc(Cl)cc(Cl)c3)n2)c(=O)c2[nH]c(Cl)nc21. The number of unbranched alkanes of at least 4 members (excludes halogenated alkanes) is 2. The Kier molecular flexibility index (Phi) is 7.16. The van der Waals surface area contributed by atoms with Gasteiger partial charge in [0.05, 0.1) is 6.54 Å². The molecule has 0 amide bonds. The van der Waals surface area contributed by atoms with Gasteiger partial charge in [0.2, 0.25) is 11.1 Å². The number of nitrogens with zero attached hydrogens (tertiary/aromatic N) is 7. The number of hydrogen-bond acceptors (Lipinski definition) is 6. The molecule has 0 fully saturated rings. The first kappa shape index (κ1) is 23.5. The summed E-state index contributed by atoms with van der Waals surface area (Å²) in [6.07, 6.45) is 2.89. The summed E-state index contributed by atoms with van der Waals surface area (Å²) in [5, 5.41) is 13.5. The zero-order valence-corrected chi connectivity index (χ0v) is 20.0. The third-order valence-electron chi connectivity index (χ3n) is 5.13. The molecular formula is C20H21Cl3N8O2. The van der Waals surface area contributed by atoms with Crippen LogP contribution in [0.1, 0.15) is 32.6 Å². The van der Waals surface area contributed by atoms with Crippen LogP contribution in [0.3, 0.4) is 0 Å². The predicted molar refractivity (Wildman–Crippen MR) is 127 cm³/mol. The van der Waals surface area contributed by atoms with Crippen LogP contribution in [0.2, 0.25) is 15.3 Å². The molecular weight excluding hydrogens is 491 g/mol. The number of aromatic amines is 1. The van der Waals surface area contributed by atoms with Crippen LogP contribution in [0.15, 0.2) is 27.8 Å². The first-order chi connectivity index (χ1) is 15.9. The highest BCUT2D eigenvalue weighted by Gasteiger charge is 2.16. The van der Waals surface area contributed by atoms with Crippen molar-refractivity contribution >= 4 is 46.0 Å². The first-order valence-electron chi connectivity index (χ1n) is 10.5. The number of imidazole rings is 1. The smallest absolute Gasteiger partial charge is 0.323 e. The zero-order valence-electron chi connectivity index (χ0n) is 17.8. The number of aryl methyl sites for hydroxylation is 2. The number of H-pyrrole nitrogens is 1. The normalized spacial score (nSPS) is 11.5. The van der Waals surface area contributed by atoms with E-state index in [9.17, 15) is 9.59 Å². The van der Waals surface area contributed by atoms with E-state index in [0.717, 1.165) is 12.8 Å². The van der Waals surface area contributed by atoms with Crippen molar-refractivity contribution in [1.82, 2.24) is 39.3 Å². The van der Waals surface area contributed by atoms with Gasteiger partial charge in [0.1, 0.15) is 0 Å². The van der Waals surface area contributed by atoms with Crippen molar-refractivity contribution in [2.45, 2.75) is 52.2 Å². The van der Waals surface area contributed by atoms with Gasteiger partial charge in [-0.25, -0.2) is 4.79 Å². The Morgan fingerprint density at radius 1 is 0.939 bits per heavy atom. The number of rotatable bonds is 9. The summed E-state index contributed by atoms with van der Waals surface area (Å²) in [4.78, 5) is 34.1. The second kappa shape index (κ2) is 10.1. The molecule has 0 radical (unpaired) electrons. The maximum Gasteiger partial charge on any atom is 0.332 e. The molecule has 0 atom stereocenters. The van der Waals surface area contributed by atoms with Gasteiger partial charge >= 0.3 is 5.69 Å². The summed E-state index contributed by atoms with van der Waals surface area (Å²) >= 11 is 18.0. The average molecular weight is 512 g/mol. The van der Waals surface area contributed by atoms with Crippen LogP contribution in [0, 0.1) is 0 Å². The van der Waals surface area contributed by atoms with Gasteiger partial charge in [-0.1, -0.05) is 36.5 Å². The van der Waals surface area contributed by atoms with Gasteiger partial charge in [-0.05, 0) is 54.3 Å². The summed E-state index contributed by atoms with van der Waals surface area (Å²) in [5.41, 5.74) is 0.382. The van der Waals surface area contributed by atoms with Crippen molar-refractivity contribution in [2.24, 2.45) is 0 Å². The van der Waals surface area contributed by atoms with Gasteiger partial charge in [-0.3, -0.25) is 13.9 Å². The molecule has 10 nitrogen and oxygen atoms in total. The van der Waals surface area contributed by atoms with Gasteiger partial charge in [0, 0.05) is 28.7 Å². The minimum Gasteiger partial charge on any atom is -0.323 e. The van der Waals surface area contributed by atoms with Gasteiger partial charge in [0.15, 0.2) is 11.2 Å². The Labute approximate surface area is 203 Å². The molecule has 0 aliphatic heterocycles. The minimum atomic E-state index is -0.429. The van der Waals surface area contributed by atoms with E-state index in [1.54, 1.807) is 18.2 Å². The maximum absolute atomic E-state index is 13.0. The zero-order chi connectivity index (χ0) is 23.5. The number of halogens is 3. The largest absolute Gasteiger partial charge is 0.332 e. The van der Waals surface area contributed by atoms with Crippen molar-refractivity contribution in [3.8, 4) is 11.4 Å². The minimum absolute atomic E-state index is 0.0820. The van der Waals surface area contributed by atoms with Gasteiger partial charge in [0.25, 0.3) is 5.56 Å². The molecule has 0 bridgehead atoms. The summed E-state index contributed by atoms with van der Waals surface area (Å²) < 4.78 is 2.73. The van der Waals surface area contributed by atoms with E-state index in [1.807, 2.05) is 6.92 Å². The van der Waals surface area contributed by atoms with E-state index < -0.39 is 5.56 Å². The fraction of sp³-hybridized carbons (Fsp3) is 0.400. The van der Waals surface area contributed by atoms with Crippen LogP contribution in [0.5, 0.6) is 0 Å². The fourth-order valence-corrected chi connectivity index (χ4v) is 4.21. The van der Waals surface area contributed by atoms with Crippen molar-refractivity contribution in [2.75, 3.05) is 0 Å². The van der Waals surface area contributed by atoms with Crippen LogP contribution < -0.4 is 11.2 Å². The van der Waals surface area contributed by atoms with E-state index in [4.69, 9.17) is 34.8 Å². The van der Waals surface area contributed by atoms with Crippen LogP contribution in [-0.2, 0) is 19.6 Å². The van der Waals surface area contributed by atoms with Crippen molar-refractivity contribution in [1.29, 1.82) is 0 Å². The van der Waals surface area contributed by atoms with Gasteiger partial charge < -0.3 is 4.98 Å². The molecule has 0 saturated carbocycles. The van der Waals surface area contributed by atoms with Crippen molar-refractivity contribution in [3.05, 3.63) is 54.4 Å². The van der Waals surface area contributed by atoms with E-state index >= 15 is 0 Å². The van der Waals surface area contributed by atoms with Crippen LogP contribution >= 0.6 is 34.8 Å². The quantitative estimate of drug-likeness (QED) is 0.270. The average Bonchev–Trinajstić information content (AvgIpc) is 3.39. The monoisotopic (exact) mass is 510 g/mol. The maximum atomic E-state index is 13.0. The van der Waals surface area contributed by atoms with Crippen LogP contribution in [0.25, 0.3) is 22.6 Å². The van der Waals surface area contributed by atoms with Crippen LogP contribution in [-0.4, -0.2) is 39.3 Å². The van der Waals surface area contributed by atoms with Crippen molar-refractivity contribution in [3.63, 3.8) is 0 Å². The molecule has 3 aromatic heterocycles. The third kappa shape index (κ3) is 5.13. The molecule has 1 N–H and O–H groups in total. The van der Waals surface area contributed by atoms with Crippen LogP contribution in [0.4, 0.5) is 0 Å². The Bertz CT molecular complexity index is 1380. The molecule has 0 unspecified atom stereocenters. The fourth-order valence-electron chi connectivity index (χ4n) is 3.51. The topological polar surface area (TPSA) is 116 Å². The molecule has 0 aliphatic rings. The molecule has 0 aliphatic carbocycles. The number of aromatic nitrogens is 8. The molecule has 0 spiro atoms. The van der Waals surface area contributed by atoms with E-state index in [1.165, 1.54) is 13.9 Å². The lowest BCUT2D eigenvalue weighted by atomic mass is 10.2. The van der Waals surface area contributed by atoms with E-state index in [-0.39, 0.29) is 23.0 Å². The second-order valence-corrected chi connectivity index (χ2v) is 8.78. The molecule has 4 rings (SSSR count). The Hall–Kier alpha value is -2.69. The number of fused-ring (bicyclic) bond motifs is 1. The van der Waals surface area contributed by atoms with Gasteiger partial charge in [-0.15, -0.1) is 10.2 Å². The summed E-state index contributed by atoms with van der Waals surface area (Å²) in [7, 11) is 0.